The van der Waals surface area contributed by atoms with E-state index in [4.69, 9.17) is 11.6 Å². The first-order valence-corrected chi connectivity index (χ1v) is 3.71. The fourth-order valence-corrected chi connectivity index (χ4v) is 0.522. The van der Waals surface area contributed by atoms with E-state index < -0.39 is 0 Å². The molecular weight excluding hydrogens is 160 g/mol. The van der Waals surface area contributed by atoms with Gasteiger partial charge >= 0.3 is 0 Å². The van der Waals surface area contributed by atoms with Crippen molar-refractivity contribution in [3.8, 4) is 0 Å². The Balaban J connectivity index is 3.82. The van der Waals surface area contributed by atoms with Gasteiger partial charge in [-0.25, -0.2) is 0 Å². The fraction of sp³-hybridized carbons (Fsp3) is 0.222. The lowest BCUT2D eigenvalue weighted by Crippen LogP contribution is -1.98. The number of carbonyl (C=O) groups is 1. The number of carbonyl (C=O) groups excluding carboxylic acids is 1. The van der Waals surface area contributed by atoms with Gasteiger partial charge in [0.2, 0.25) is 5.24 Å². The molecule has 1 atom stereocenters. The highest BCUT2D eigenvalue weighted by Crippen LogP contribution is 2.01. The monoisotopic (exact) mass is 170 g/mol. The van der Waals surface area contributed by atoms with Crippen molar-refractivity contribution in [2.75, 3.05) is 0 Å². The van der Waals surface area contributed by atoms with E-state index in [0.29, 0.717) is 0 Å². The molecule has 0 bridgehead atoms. The van der Waals surface area contributed by atoms with Crippen LogP contribution in [0.15, 0.2) is 37.0 Å². The normalized spacial score (nSPS) is 14.0. The molecule has 11 heavy (non-hydrogen) atoms. The zero-order valence-corrected chi connectivity index (χ0v) is 7.21. The maximum absolute atomic E-state index is 10.5. The summed E-state index contributed by atoms with van der Waals surface area (Å²) in [5.41, 5.74) is 0. The molecule has 0 aliphatic rings. The van der Waals surface area contributed by atoms with E-state index in [1.165, 1.54) is 0 Å². The van der Waals surface area contributed by atoms with E-state index >= 15 is 0 Å². The molecule has 1 unspecified atom stereocenters. The molecule has 0 aliphatic carbocycles. The summed E-state index contributed by atoms with van der Waals surface area (Å²) in [5, 5.41) is -0.340. The Kier molecular flexibility index (Phi) is 5.49. The predicted octanol–water partition coefficient (Wildman–Crippen LogP) is 2.69. The van der Waals surface area contributed by atoms with Crippen LogP contribution in [0.5, 0.6) is 0 Å². The smallest absolute Gasteiger partial charge is 0.228 e. The maximum atomic E-state index is 10.5. The minimum Gasteiger partial charge on any atom is -0.281 e. The quantitative estimate of drug-likeness (QED) is 0.469. The molecular formula is C9H11ClO. The van der Waals surface area contributed by atoms with Gasteiger partial charge in [0.25, 0.3) is 0 Å². The van der Waals surface area contributed by atoms with Crippen LogP contribution >= 0.6 is 11.6 Å². The topological polar surface area (TPSA) is 17.1 Å². The Morgan fingerprint density at radius 2 is 2.09 bits per heavy atom. The van der Waals surface area contributed by atoms with Gasteiger partial charge in [0.1, 0.15) is 0 Å². The van der Waals surface area contributed by atoms with Gasteiger partial charge < -0.3 is 0 Å². The number of allylic oxidation sites excluding steroid dienone is 5. The van der Waals surface area contributed by atoms with Crippen molar-refractivity contribution < 1.29 is 4.79 Å². The molecule has 0 aromatic carbocycles. The molecule has 0 N–H and O–H groups in total. The SMILES string of the molecule is C=C/C=C\C=C/C(C)C(=O)Cl. The molecule has 60 valence electrons. The van der Waals surface area contributed by atoms with Gasteiger partial charge in [0.15, 0.2) is 0 Å². The minimum absolute atomic E-state index is 0.217. The van der Waals surface area contributed by atoms with E-state index in [1.807, 2.05) is 0 Å². The van der Waals surface area contributed by atoms with E-state index in [2.05, 4.69) is 6.58 Å². The summed E-state index contributed by atoms with van der Waals surface area (Å²) in [4.78, 5) is 10.5. The summed E-state index contributed by atoms with van der Waals surface area (Å²) in [6.45, 7) is 5.24. The van der Waals surface area contributed by atoms with Crippen LogP contribution in [0.3, 0.4) is 0 Å². The van der Waals surface area contributed by atoms with Crippen LogP contribution in [0.2, 0.25) is 0 Å². The lowest BCUT2D eigenvalue weighted by Gasteiger charge is -1.93. The van der Waals surface area contributed by atoms with Crippen LogP contribution in [-0.4, -0.2) is 5.24 Å². The van der Waals surface area contributed by atoms with E-state index in [1.54, 1.807) is 37.3 Å². The van der Waals surface area contributed by atoms with E-state index in [9.17, 15) is 4.79 Å². The van der Waals surface area contributed by atoms with Crippen LogP contribution in [0.1, 0.15) is 6.92 Å². The third kappa shape index (κ3) is 5.62. The number of hydrogen-bond donors (Lipinski definition) is 0. The molecule has 0 aromatic rings. The lowest BCUT2D eigenvalue weighted by atomic mass is 10.2. The summed E-state index contributed by atoms with van der Waals surface area (Å²) in [6, 6.07) is 0. The van der Waals surface area contributed by atoms with Crippen molar-refractivity contribution in [3.63, 3.8) is 0 Å². The maximum Gasteiger partial charge on any atom is 0.228 e. The second-order valence-corrected chi connectivity index (χ2v) is 2.47. The molecule has 1 nitrogen and oxygen atoms in total. The van der Waals surface area contributed by atoms with Crippen molar-refractivity contribution in [3.05, 3.63) is 37.0 Å². The number of hydrogen-bond acceptors (Lipinski definition) is 1. The highest BCUT2D eigenvalue weighted by Gasteiger charge is 2.02. The zero-order chi connectivity index (χ0) is 8.69. The molecule has 0 rings (SSSR count). The van der Waals surface area contributed by atoms with Gasteiger partial charge in [-0.3, -0.25) is 4.79 Å². The summed E-state index contributed by atoms with van der Waals surface area (Å²) in [5.74, 6) is -0.217. The van der Waals surface area contributed by atoms with Gasteiger partial charge in [-0.2, -0.15) is 0 Å². The third-order valence-corrected chi connectivity index (χ3v) is 1.46. The molecule has 0 saturated carbocycles. The highest BCUT2D eigenvalue weighted by molar-refractivity contribution is 6.64. The summed E-state index contributed by atoms with van der Waals surface area (Å²) < 4.78 is 0. The van der Waals surface area contributed by atoms with Gasteiger partial charge in [0, 0.05) is 5.92 Å². The molecule has 0 fully saturated rings. The molecule has 0 saturated heterocycles. The Hall–Kier alpha value is -0.820. The van der Waals surface area contributed by atoms with Gasteiger partial charge in [-0.15, -0.1) is 0 Å². The first kappa shape index (κ1) is 10.2. The Morgan fingerprint density at radius 1 is 1.45 bits per heavy atom. The molecule has 0 aliphatic heterocycles. The largest absolute Gasteiger partial charge is 0.281 e. The average Bonchev–Trinajstić information content (AvgIpc) is 1.97. The summed E-state index contributed by atoms with van der Waals surface area (Å²) in [6.07, 6.45) is 8.74. The first-order chi connectivity index (χ1) is 5.18. The van der Waals surface area contributed by atoms with Crippen molar-refractivity contribution in [1.29, 1.82) is 0 Å². The van der Waals surface area contributed by atoms with Crippen LogP contribution in [-0.2, 0) is 4.79 Å². The van der Waals surface area contributed by atoms with Crippen LogP contribution in [0.25, 0.3) is 0 Å². The van der Waals surface area contributed by atoms with Crippen molar-refractivity contribution in [1.82, 2.24) is 0 Å². The van der Waals surface area contributed by atoms with E-state index in [-0.39, 0.29) is 11.2 Å². The zero-order valence-electron chi connectivity index (χ0n) is 6.46. The van der Waals surface area contributed by atoms with Crippen LogP contribution < -0.4 is 0 Å². The Labute approximate surface area is 72.1 Å². The molecule has 0 radical (unpaired) electrons. The van der Waals surface area contributed by atoms with Crippen molar-refractivity contribution >= 4 is 16.8 Å². The average molecular weight is 171 g/mol. The number of rotatable bonds is 4. The highest BCUT2D eigenvalue weighted by atomic mass is 35.5. The van der Waals surface area contributed by atoms with Gasteiger partial charge in [0.05, 0.1) is 0 Å². The first-order valence-electron chi connectivity index (χ1n) is 3.33. The molecule has 2 heteroatoms. The third-order valence-electron chi connectivity index (χ3n) is 1.12. The van der Waals surface area contributed by atoms with Gasteiger partial charge in [-0.05, 0) is 11.6 Å². The molecule has 0 heterocycles. The standard InChI is InChI=1S/C9H11ClO/c1-3-4-5-6-7-8(2)9(10)11/h3-8H,1H2,2H3/b5-4-,7-6-. The Bertz CT molecular complexity index is 192. The van der Waals surface area contributed by atoms with E-state index in [0.717, 1.165) is 0 Å². The van der Waals surface area contributed by atoms with Crippen LogP contribution in [0.4, 0.5) is 0 Å². The molecule has 0 spiro atoms. The molecule has 0 aromatic heterocycles. The second-order valence-electron chi connectivity index (χ2n) is 2.10. The molecule has 0 amide bonds. The summed E-state index contributed by atoms with van der Waals surface area (Å²) in [7, 11) is 0. The Morgan fingerprint density at radius 3 is 2.55 bits per heavy atom. The van der Waals surface area contributed by atoms with Crippen LogP contribution in [0, 0.1) is 5.92 Å². The second kappa shape index (κ2) is 5.93. The minimum atomic E-state index is -0.340. The lowest BCUT2D eigenvalue weighted by molar-refractivity contribution is -0.113. The van der Waals surface area contributed by atoms with Crippen molar-refractivity contribution in [2.24, 2.45) is 5.92 Å². The summed E-state index contributed by atoms with van der Waals surface area (Å²) >= 11 is 5.21. The predicted molar refractivity (Wildman–Crippen MR) is 48.5 cm³/mol. The number of halogens is 1. The fourth-order valence-electron chi connectivity index (χ4n) is 0.449. The van der Waals surface area contributed by atoms with Gasteiger partial charge in [-0.1, -0.05) is 43.9 Å². The van der Waals surface area contributed by atoms with Crippen molar-refractivity contribution in [2.45, 2.75) is 6.92 Å².